The molecule has 2 heterocycles. The number of piperidine rings is 1. The van der Waals surface area contributed by atoms with Crippen LogP contribution < -0.4 is 5.32 Å². The molecule has 1 fully saturated rings. The molecule has 1 aromatic heterocycles. The Morgan fingerprint density at radius 2 is 2.30 bits per heavy atom. The molecule has 1 unspecified atom stereocenters. The molecule has 0 aliphatic carbocycles. The van der Waals surface area contributed by atoms with Gasteiger partial charge in [0.2, 0.25) is 10.0 Å². The lowest BCUT2D eigenvalue weighted by atomic mass is 9.97. The van der Waals surface area contributed by atoms with Crippen molar-refractivity contribution in [2.75, 3.05) is 25.5 Å². The molecule has 1 aliphatic heterocycles. The number of hydrogen-bond acceptors (Lipinski definition) is 4. The summed E-state index contributed by atoms with van der Waals surface area (Å²) in [5.41, 5.74) is 0. The first-order valence-corrected chi connectivity index (χ1v) is 8.64. The van der Waals surface area contributed by atoms with E-state index in [1.807, 2.05) is 0 Å². The maximum absolute atomic E-state index is 12.6. The van der Waals surface area contributed by atoms with Crippen LogP contribution in [0.3, 0.4) is 0 Å². The van der Waals surface area contributed by atoms with Crippen LogP contribution in [0.4, 0.5) is 5.82 Å². The van der Waals surface area contributed by atoms with Crippen molar-refractivity contribution in [2.24, 2.45) is 5.92 Å². The van der Waals surface area contributed by atoms with Crippen LogP contribution in [0, 0.1) is 5.92 Å². The van der Waals surface area contributed by atoms with Crippen molar-refractivity contribution >= 4 is 27.4 Å². The molecule has 1 N–H and O–H groups in total. The van der Waals surface area contributed by atoms with Gasteiger partial charge in [0, 0.05) is 26.3 Å². The zero-order valence-corrected chi connectivity index (χ0v) is 13.3. The first kappa shape index (κ1) is 15.5. The highest BCUT2D eigenvalue weighted by Gasteiger charge is 2.30. The third-order valence-corrected chi connectivity index (χ3v) is 5.87. The lowest BCUT2D eigenvalue weighted by Crippen LogP contribution is -2.39. The largest absolute Gasteiger partial charge is 0.372 e. The Labute approximate surface area is 125 Å². The van der Waals surface area contributed by atoms with E-state index in [-0.39, 0.29) is 4.90 Å². The van der Waals surface area contributed by atoms with Crippen molar-refractivity contribution in [3.05, 3.63) is 17.3 Å². The number of anilines is 1. The van der Waals surface area contributed by atoms with E-state index in [0.717, 1.165) is 19.3 Å². The summed E-state index contributed by atoms with van der Waals surface area (Å²) in [4.78, 5) is 4.21. The van der Waals surface area contributed by atoms with Crippen molar-refractivity contribution in [1.29, 1.82) is 0 Å². The molecule has 0 bridgehead atoms. The van der Waals surface area contributed by atoms with Crippen molar-refractivity contribution < 1.29 is 8.42 Å². The summed E-state index contributed by atoms with van der Waals surface area (Å²) in [5.74, 6) is 0.925. The van der Waals surface area contributed by atoms with Crippen molar-refractivity contribution in [3.63, 3.8) is 0 Å². The van der Waals surface area contributed by atoms with Crippen LogP contribution in [0.5, 0.6) is 0 Å². The maximum Gasteiger partial charge on any atom is 0.244 e. The maximum atomic E-state index is 12.6. The highest BCUT2D eigenvalue weighted by Crippen LogP contribution is 2.28. The van der Waals surface area contributed by atoms with Gasteiger partial charge in [0.1, 0.15) is 10.7 Å². The van der Waals surface area contributed by atoms with Gasteiger partial charge in [-0.1, -0.05) is 24.9 Å². The Balaban J connectivity index is 2.28. The summed E-state index contributed by atoms with van der Waals surface area (Å²) in [7, 11) is -1.80. The van der Waals surface area contributed by atoms with E-state index < -0.39 is 10.0 Å². The Morgan fingerprint density at radius 1 is 1.55 bits per heavy atom. The third-order valence-electron chi connectivity index (χ3n) is 3.75. The summed E-state index contributed by atoms with van der Waals surface area (Å²) in [5, 5.41) is 3.14. The zero-order chi connectivity index (χ0) is 14.8. The minimum absolute atomic E-state index is 0.165. The van der Waals surface area contributed by atoms with Crippen LogP contribution in [-0.4, -0.2) is 37.8 Å². The van der Waals surface area contributed by atoms with Gasteiger partial charge in [-0.3, -0.25) is 0 Å². The number of halogens is 1. The van der Waals surface area contributed by atoms with Crippen molar-refractivity contribution in [3.8, 4) is 0 Å². The molecule has 0 aromatic carbocycles. The van der Waals surface area contributed by atoms with Crippen molar-refractivity contribution in [2.45, 2.75) is 31.1 Å². The summed E-state index contributed by atoms with van der Waals surface area (Å²) in [6.07, 6.45) is 4.38. The fourth-order valence-electron chi connectivity index (χ4n) is 2.47. The van der Waals surface area contributed by atoms with Gasteiger partial charge in [-0.2, -0.15) is 4.31 Å². The smallest absolute Gasteiger partial charge is 0.244 e. The van der Waals surface area contributed by atoms with E-state index in [2.05, 4.69) is 17.2 Å². The molecule has 112 valence electrons. The Hall–Kier alpha value is -0.850. The Morgan fingerprint density at radius 3 is 2.90 bits per heavy atom. The number of rotatable bonds is 4. The Kier molecular flexibility index (Phi) is 4.88. The average Bonchev–Trinajstić information content (AvgIpc) is 2.47. The molecule has 1 atom stereocenters. The quantitative estimate of drug-likeness (QED) is 0.927. The van der Waals surface area contributed by atoms with E-state index in [9.17, 15) is 8.42 Å². The van der Waals surface area contributed by atoms with Gasteiger partial charge in [0.15, 0.2) is 0 Å². The molecular weight excluding hydrogens is 298 g/mol. The van der Waals surface area contributed by atoms with Crippen molar-refractivity contribution in [1.82, 2.24) is 9.29 Å². The average molecular weight is 318 g/mol. The molecule has 2 rings (SSSR count). The summed E-state index contributed by atoms with van der Waals surface area (Å²) in [6.45, 7) is 3.26. The molecule has 0 saturated carbocycles. The monoisotopic (exact) mass is 317 g/mol. The van der Waals surface area contributed by atoms with Crippen LogP contribution in [0.15, 0.2) is 17.2 Å². The highest BCUT2D eigenvalue weighted by molar-refractivity contribution is 7.89. The van der Waals surface area contributed by atoms with Gasteiger partial charge < -0.3 is 5.32 Å². The summed E-state index contributed by atoms with van der Waals surface area (Å²) >= 11 is 6.02. The van der Waals surface area contributed by atoms with Gasteiger partial charge in [0.25, 0.3) is 0 Å². The zero-order valence-electron chi connectivity index (χ0n) is 11.8. The standard InChI is InChI=1S/C13H20ClN3O2S/c1-3-10-5-4-6-17(9-10)20(18,19)11-7-12(14)13(15-2)16-8-11/h7-8,10H,3-6,9H2,1-2H3,(H,15,16). The second kappa shape index (κ2) is 6.28. The second-order valence-electron chi connectivity index (χ2n) is 5.03. The first-order valence-electron chi connectivity index (χ1n) is 6.82. The SMILES string of the molecule is CCC1CCCN(S(=O)(=O)c2cnc(NC)c(Cl)c2)C1. The number of aromatic nitrogens is 1. The van der Waals surface area contributed by atoms with Gasteiger partial charge in [-0.25, -0.2) is 13.4 Å². The molecule has 1 aromatic rings. The van der Waals surface area contributed by atoms with E-state index in [0.29, 0.717) is 29.8 Å². The van der Waals surface area contributed by atoms with Crippen LogP contribution >= 0.6 is 11.6 Å². The van der Waals surface area contributed by atoms with Gasteiger partial charge >= 0.3 is 0 Å². The number of nitrogens with one attached hydrogen (secondary N) is 1. The van der Waals surface area contributed by atoms with E-state index >= 15 is 0 Å². The second-order valence-corrected chi connectivity index (χ2v) is 7.38. The minimum atomic E-state index is -3.49. The highest BCUT2D eigenvalue weighted by atomic mass is 35.5. The summed E-state index contributed by atoms with van der Waals surface area (Å²) < 4.78 is 26.8. The van der Waals surface area contributed by atoms with Crippen LogP contribution in [0.1, 0.15) is 26.2 Å². The molecule has 0 radical (unpaired) electrons. The lowest BCUT2D eigenvalue weighted by molar-refractivity contribution is 0.261. The molecule has 0 amide bonds. The third kappa shape index (κ3) is 3.07. The predicted molar refractivity (Wildman–Crippen MR) is 80.6 cm³/mol. The van der Waals surface area contributed by atoms with Crippen LogP contribution in [-0.2, 0) is 10.0 Å². The van der Waals surface area contributed by atoms with Crippen LogP contribution in [0.2, 0.25) is 5.02 Å². The number of pyridine rings is 1. The number of sulfonamides is 1. The van der Waals surface area contributed by atoms with E-state index in [1.54, 1.807) is 11.4 Å². The molecule has 1 saturated heterocycles. The molecule has 1 aliphatic rings. The molecule has 5 nitrogen and oxygen atoms in total. The number of nitrogens with zero attached hydrogens (tertiary/aromatic N) is 2. The number of hydrogen-bond donors (Lipinski definition) is 1. The lowest BCUT2D eigenvalue weighted by Gasteiger charge is -2.31. The van der Waals surface area contributed by atoms with E-state index in [1.165, 1.54) is 12.3 Å². The van der Waals surface area contributed by atoms with Crippen LogP contribution in [0.25, 0.3) is 0 Å². The fourth-order valence-corrected chi connectivity index (χ4v) is 4.33. The van der Waals surface area contributed by atoms with E-state index in [4.69, 9.17) is 11.6 Å². The molecule has 0 spiro atoms. The van der Waals surface area contributed by atoms with Gasteiger partial charge in [-0.15, -0.1) is 0 Å². The topological polar surface area (TPSA) is 62.3 Å². The Bertz CT molecular complexity index is 577. The molecule has 20 heavy (non-hydrogen) atoms. The fraction of sp³-hybridized carbons (Fsp3) is 0.615. The predicted octanol–water partition coefficient (Wildman–Crippen LogP) is 2.59. The van der Waals surface area contributed by atoms with Gasteiger partial charge in [0.05, 0.1) is 5.02 Å². The first-order chi connectivity index (χ1) is 9.48. The van der Waals surface area contributed by atoms with Gasteiger partial charge in [-0.05, 0) is 24.8 Å². The summed E-state index contributed by atoms with van der Waals surface area (Å²) in [6, 6.07) is 1.46. The molecular formula is C13H20ClN3O2S. The normalized spacial score (nSPS) is 20.9. The molecule has 7 heteroatoms. The minimum Gasteiger partial charge on any atom is -0.372 e.